The van der Waals surface area contributed by atoms with Gasteiger partial charge >= 0.3 is 0 Å². The van der Waals surface area contributed by atoms with E-state index in [1.54, 1.807) is 0 Å². The Kier molecular flexibility index (Phi) is 7.32. The van der Waals surface area contributed by atoms with Crippen LogP contribution in [0.5, 0.6) is 5.75 Å². The van der Waals surface area contributed by atoms with Crippen molar-refractivity contribution in [2.45, 2.75) is 13.3 Å². The van der Waals surface area contributed by atoms with Crippen LogP contribution in [-0.2, 0) is 0 Å². The molecule has 0 bridgehead atoms. The number of benzene rings is 1. The molecule has 0 fully saturated rings. The third kappa shape index (κ3) is 6.38. The standard InChI is InChI=1S/C14H23BrN2O/c1-12-5-6-14(13(15)11-12)18-10-8-16-7-4-9-17(2)3/h5-6,11,16H,4,7-10H2,1-3H3. The third-order valence-electron chi connectivity index (χ3n) is 2.58. The predicted octanol–water partition coefficient (Wildman–Crippen LogP) is 2.68. The Morgan fingerprint density at radius 1 is 1.28 bits per heavy atom. The summed E-state index contributed by atoms with van der Waals surface area (Å²) in [5.74, 6) is 0.913. The first-order valence-electron chi connectivity index (χ1n) is 6.34. The van der Waals surface area contributed by atoms with Crippen LogP contribution in [0.15, 0.2) is 22.7 Å². The summed E-state index contributed by atoms with van der Waals surface area (Å²) < 4.78 is 6.72. The third-order valence-corrected chi connectivity index (χ3v) is 3.20. The summed E-state index contributed by atoms with van der Waals surface area (Å²) in [7, 11) is 4.19. The van der Waals surface area contributed by atoms with Crippen molar-refractivity contribution in [3.05, 3.63) is 28.2 Å². The molecular weight excluding hydrogens is 292 g/mol. The Morgan fingerprint density at radius 2 is 2.06 bits per heavy atom. The number of halogens is 1. The van der Waals surface area contributed by atoms with E-state index in [-0.39, 0.29) is 0 Å². The van der Waals surface area contributed by atoms with Crippen LogP contribution in [0.4, 0.5) is 0 Å². The fourth-order valence-corrected chi connectivity index (χ4v) is 2.21. The Balaban J connectivity index is 2.11. The van der Waals surface area contributed by atoms with Crippen LogP contribution in [-0.4, -0.2) is 45.2 Å². The molecule has 0 saturated carbocycles. The molecule has 1 N–H and O–H groups in total. The Hall–Kier alpha value is -0.580. The minimum absolute atomic E-state index is 0.698. The average Bonchev–Trinajstić information content (AvgIpc) is 2.30. The maximum atomic E-state index is 5.70. The van der Waals surface area contributed by atoms with Gasteiger partial charge in [-0.25, -0.2) is 0 Å². The van der Waals surface area contributed by atoms with Gasteiger partial charge in [-0.2, -0.15) is 0 Å². The predicted molar refractivity (Wildman–Crippen MR) is 80.4 cm³/mol. The molecule has 0 aliphatic carbocycles. The van der Waals surface area contributed by atoms with Crippen molar-refractivity contribution in [2.24, 2.45) is 0 Å². The Labute approximate surface area is 119 Å². The van der Waals surface area contributed by atoms with E-state index < -0.39 is 0 Å². The van der Waals surface area contributed by atoms with E-state index in [0.29, 0.717) is 6.61 Å². The lowest BCUT2D eigenvalue weighted by atomic mass is 10.2. The molecule has 1 aromatic rings. The first-order chi connectivity index (χ1) is 8.59. The number of hydrogen-bond donors (Lipinski definition) is 1. The van der Waals surface area contributed by atoms with Crippen LogP contribution in [0.3, 0.4) is 0 Å². The van der Waals surface area contributed by atoms with Gasteiger partial charge in [-0.1, -0.05) is 6.07 Å². The topological polar surface area (TPSA) is 24.5 Å². The maximum absolute atomic E-state index is 5.70. The molecule has 1 rings (SSSR count). The first kappa shape index (κ1) is 15.5. The summed E-state index contributed by atoms with van der Waals surface area (Å²) >= 11 is 3.51. The van der Waals surface area contributed by atoms with Gasteiger partial charge in [0.2, 0.25) is 0 Å². The summed E-state index contributed by atoms with van der Waals surface area (Å²) in [4.78, 5) is 2.20. The zero-order valence-electron chi connectivity index (χ0n) is 11.5. The van der Waals surface area contributed by atoms with Crippen molar-refractivity contribution in [3.63, 3.8) is 0 Å². The maximum Gasteiger partial charge on any atom is 0.133 e. The number of nitrogens with zero attached hydrogens (tertiary/aromatic N) is 1. The fourth-order valence-electron chi connectivity index (χ4n) is 1.60. The highest BCUT2D eigenvalue weighted by Crippen LogP contribution is 2.25. The fraction of sp³-hybridized carbons (Fsp3) is 0.571. The van der Waals surface area contributed by atoms with Crippen LogP contribution in [0.25, 0.3) is 0 Å². The summed E-state index contributed by atoms with van der Waals surface area (Å²) in [5.41, 5.74) is 1.23. The van der Waals surface area contributed by atoms with Crippen molar-refractivity contribution in [3.8, 4) is 5.75 Å². The molecule has 0 aliphatic rings. The highest BCUT2D eigenvalue weighted by atomic mass is 79.9. The van der Waals surface area contributed by atoms with Gasteiger partial charge in [0.05, 0.1) is 4.47 Å². The smallest absolute Gasteiger partial charge is 0.133 e. The van der Waals surface area contributed by atoms with Crippen molar-refractivity contribution in [2.75, 3.05) is 40.3 Å². The van der Waals surface area contributed by atoms with Gasteiger partial charge in [-0.15, -0.1) is 0 Å². The van der Waals surface area contributed by atoms with E-state index in [1.807, 2.05) is 6.07 Å². The molecule has 0 aliphatic heterocycles. The van der Waals surface area contributed by atoms with Crippen molar-refractivity contribution < 1.29 is 4.74 Å². The summed E-state index contributed by atoms with van der Waals surface area (Å²) in [6.07, 6.45) is 1.17. The van der Waals surface area contributed by atoms with Gasteiger partial charge in [0, 0.05) is 6.54 Å². The number of nitrogens with one attached hydrogen (secondary N) is 1. The molecule has 0 radical (unpaired) electrons. The minimum Gasteiger partial charge on any atom is -0.491 e. The molecule has 0 unspecified atom stereocenters. The molecule has 4 heteroatoms. The largest absolute Gasteiger partial charge is 0.491 e. The van der Waals surface area contributed by atoms with Gasteiger partial charge in [-0.05, 0) is 74.2 Å². The lowest BCUT2D eigenvalue weighted by Crippen LogP contribution is -2.25. The SMILES string of the molecule is Cc1ccc(OCCNCCCN(C)C)c(Br)c1. The molecule has 1 aromatic carbocycles. The van der Waals surface area contributed by atoms with Crippen molar-refractivity contribution in [1.29, 1.82) is 0 Å². The van der Waals surface area contributed by atoms with Crippen LogP contribution in [0.1, 0.15) is 12.0 Å². The molecule has 3 nitrogen and oxygen atoms in total. The van der Waals surface area contributed by atoms with E-state index in [2.05, 4.69) is 59.3 Å². The van der Waals surface area contributed by atoms with E-state index in [1.165, 1.54) is 12.0 Å². The summed E-state index contributed by atoms with van der Waals surface area (Å²) in [6.45, 7) is 5.81. The zero-order valence-corrected chi connectivity index (χ0v) is 13.1. The second-order valence-corrected chi connectivity index (χ2v) is 5.54. The zero-order chi connectivity index (χ0) is 13.4. The number of aryl methyl sites for hydroxylation is 1. The van der Waals surface area contributed by atoms with E-state index in [0.717, 1.165) is 29.9 Å². The Morgan fingerprint density at radius 3 is 2.72 bits per heavy atom. The van der Waals surface area contributed by atoms with Crippen molar-refractivity contribution in [1.82, 2.24) is 10.2 Å². The molecule has 0 spiro atoms. The first-order valence-corrected chi connectivity index (χ1v) is 7.13. The number of hydrogen-bond acceptors (Lipinski definition) is 3. The second-order valence-electron chi connectivity index (χ2n) is 4.69. The van der Waals surface area contributed by atoms with E-state index in [9.17, 15) is 0 Å². The average molecular weight is 315 g/mol. The molecule has 0 aromatic heterocycles. The molecular formula is C14H23BrN2O. The van der Waals surface area contributed by atoms with E-state index in [4.69, 9.17) is 4.74 Å². The van der Waals surface area contributed by atoms with Gasteiger partial charge in [0.25, 0.3) is 0 Å². The molecule has 0 saturated heterocycles. The van der Waals surface area contributed by atoms with Gasteiger partial charge < -0.3 is 15.0 Å². The molecule has 18 heavy (non-hydrogen) atoms. The molecule has 102 valence electrons. The lowest BCUT2D eigenvalue weighted by molar-refractivity contribution is 0.309. The van der Waals surface area contributed by atoms with Crippen LogP contribution < -0.4 is 10.1 Å². The van der Waals surface area contributed by atoms with Crippen molar-refractivity contribution >= 4 is 15.9 Å². The Bertz CT molecular complexity index is 356. The molecule has 0 atom stereocenters. The molecule has 0 heterocycles. The van der Waals surface area contributed by atoms with Gasteiger partial charge in [0.15, 0.2) is 0 Å². The quantitative estimate of drug-likeness (QED) is 0.747. The van der Waals surface area contributed by atoms with Crippen LogP contribution in [0, 0.1) is 6.92 Å². The van der Waals surface area contributed by atoms with Gasteiger partial charge in [0.1, 0.15) is 12.4 Å². The van der Waals surface area contributed by atoms with Gasteiger partial charge in [-0.3, -0.25) is 0 Å². The van der Waals surface area contributed by atoms with Crippen LogP contribution >= 0.6 is 15.9 Å². The second kappa shape index (κ2) is 8.51. The lowest BCUT2D eigenvalue weighted by Gasteiger charge is -2.11. The minimum atomic E-state index is 0.698. The van der Waals surface area contributed by atoms with E-state index >= 15 is 0 Å². The highest BCUT2D eigenvalue weighted by molar-refractivity contribution is 9.10. The monoisotopic (exact) mass is 314 g/mol. The normalized spacial score (nSPS) is 10.9. The number of rotatable bonds is 8. The number of ether oxygens (including phenoxy) is 1. The van der Waals surface area contributed by atoms with Crippen LogP contribution in [0.2, 0.25) is 0 Å². The molecule has 0 amide bonds. The highest BCUT2D eigenvalue weighted by Gasteiger charge is 2.00. The summed E-state index contributed by atoms with van der Waals surface area (Å²) in [6, 6.07) is 6.13. The summed E-state index contributed by atoms with van der Waals surface area (Å²) in [5, 5.41) is 3.37.